The molecule has 1 aliphatic rings. The Labute approximate surface area is 224 Å². The highest BCUT2D eigenvalue weighted by Gasteiger charge is 2.34. The summed E-state index contributed by atoms with van der Waals surface area (Å²) in [6, 6.07) is 11.9. The van der Waals surface area contributed by atoms with Gasteiger partial charge in [0.2, 0.25) is 0 Å². The van der Waals surface area contributed by atoms with E-state index < -0.39 is 10.0 Å². The molecule has 2 aromatic rings. The number of rotatable bonds is 13. The number of carbonyl (C=O) groups excluding carboxylic acids is 1. The van der Waals surface area contributed by atoms with E-state index in [1.54, 1.807) is 31.4 Å². The van der Waals surface area contributed by atoms with Crippen molar-refractivity contribution in [1.29, 1.82) is 0 Å². The Bertz CT molecular complexity index is 1270. The first-order chi connectivity index (χ1) is 17.8. The summed E-state index contributed by atoms with van der Waals surface area (Å²) in [5, 5.41) is 0.0896. The first-order valence-corrected chi connectivity index (χ1v) is 14.6. The zero-order chi connectivity index (χ0) is 26.8. The quantitative estimate of drug-likeness (QED) is 0.170. The molecule has 0 unspecified atom stereocenters. The number of unbranched alkanes of at least 4 members (excludes halogenated alkanes) is 4. The van der Waals surface area contributed by atoms with Crippen molar-refractivity contribution in [3.63, 3.8) is 0 Å². The van der Waals surface area contributed by atoms with Crippen molar-refractivity contribution in [2.45, 2.75) is 50.8 Å². The third-order valence-electron chi connectivity index (χ3n) is 5.71. The zero-order valence-corrected chi connectivity index (χ0v) is 23.2. The van der Waals surface area contributed by atoms with Crippen LogP contribution in [0.5, 0.6) is 11.5 Å². The number of aryl methyl sites for hydroxylation is 1. The van der Waals surface area contributed by atoms with E-state index in [-0.39, 0.29) is 22.5 Å². The molecule has 0 aromatic heterocycles. The summed E-state index contributed by atoms with van der Waals surface area (Å²) in [4.78, 5) is 14.8. The molecular weight excluding hydrogens is 508 g/mol. The second kappa shape index (κ2) is 13.5. The van der Waals surface area contributed by atoms with Crippen LogP contribution in [0.15, 0.2) is 69.3 Å². The maximum absolute atomic E-state index is 13.1. The van der Waals surface area contributed by atoms with Gasteiger partial charge in [0.05, 0.1) is 23.5 Å². The van der Waals surface area contributed by atoms with E-state index in [0.717, 1.165) is 35.7 Å². The second-order valence-corrected chi connectivity index (χ2v) is 11.3. The predicted molar refractivity (Wildman–Crippen MR) is 151 cm³/mol. The Morgan fingerprint density at radius 3 is 2.46 bits per heavy atom. The van der Waals surface area contributed by atoms with E-state index in [0.29, 0.717) is 23.0 Å². The van der Waals surface area contributed by atoms with Crippen molar-refractivity contribution in [2.75, 3.05) is 20.3 Å². The molecule has 1 amide bonds. The number of amidine groups is 1. The average molecular weight is 543 g/mol. The number of hydrogen-bond donors (Lipinski definition) is 0. The van der Waals surface area contributed by atoms with Gasteiger partial charge in [0.25, 0.3) is 15.9 Å². The first kappa shape index (κ1) is 28.5. The summed E-state index contributed by atoms with van der Waals surface area (Å²) in [5.41, 5.74) is 1.67. The number of hydrogen-bond acceptors (Lipinski definition) is 6. The van der Waals surface area contributed by atoms with E-state index in [1.807, 2.05) is 19.1 Å². The summed E-state index contributed by atoms with van der Waals surface area (Å²) in [6.07, 6.45) is 8.98. The summed E-state index contributed by atoms with van der Waals surface area (Å²) in [5.74, 6) is 0.872. The number of nitrogens with zero attached hydrogens (tertiary/aromatic N) is 2. The van der Waals surface area contributed by atoms with Crippen molar-refractivity contribution >= 4 is 38.9 Å². The van der Waals surface area contributed by atoms with Gasteiger partial charge in [-0.1, -0.05) is 62.4 Å². The molecule has 1 aliphatic heterocycles. The molecule has 9 heteroatoms. The number of methoxy groups -OCH3 is 1. The fourth-order valence-electron chi connectivity index (χ4n) is 3.66. The second-order valence-electron chi connectivity index (χ2n) is 8.65. The minimum Gasteiger partial charge on any atom is -0.493 e. The Balaban J connectivity index is 1.80. The highest BCUT2D eigenvalue weighted by molar-refractivity contribution is 8.19. The number of carbonyl (C=O) groups is 1. The summed E-state index contributed by atoms with van der Waals surface area (Å²) in [6.45, 7) is 8.50. The van der Waals surface area contributed by atoms with E-state index in [2.05, 4.69) is 17.9 Å². The van der Waals surface area contributed by atoms with Crippen LogP contribution in [-0.2, 0) is 14.8 Å². The normalized spacial score (nSPS) is 16.0. The van der Waals surface area contributed by atoms with E-state index in [4.69, 9.17) is 9.47 Å². The summed E-state index contributed by atoms with van der Waals surface area (Å²) in [7, 11) is -2.42. The minimum absolute atomic E-state index is 0.0697. The van der Waals surface area contributed by atoms with Crippen molar-refractivity contribution in [1.82, 2.24) is 4.90 Å². The van der Waals surface area contributed by atoms with Crippen LogP contribution in [-0.4, -0.2) is 44.7 Å². The molecule has 3 rings (SSSR count). The lowest BCUT2D eigenvalue weighted by Gasteiger charge is -2.12. The topological polar surface area (TPSA) is 85.3 Å². The van der Waals surface area contributed by atoms with Crippen molar-refractivity contribution in [3.8, 4) is 11.5 Å². The van der Waals surface area contributed by atoms with Crippen LogP contribution >= 0.6 is 11.8 Å². The number of benzene rings is 2. The van der Waals surface area contributed by atoms with Gasteiger partial charge >= 0.3 is 0 Å². The molecule has 0 atom stereocenters. The van der Waals surface area contributed by atoms with Gasteiger partial charge in [-0.25, -0.2) is 0 Å². The number of sulfonamides is 1. The van der Waals surface area contributed by atoms with Crippen LogP contribution in [0.4, 0.5) is 0 Å². The Hall–Kier alpha value is -3.04. The first-order valence-electron chi connectivity index (χ1n) is 12.3. The number of amides is 1. The van der Waals surface area contributed by atoms with Crippen LogP contribution in [0, 0.1) is 6.92 Å². The Kier molecular flexibility index (Phi) is 10.4. The van der Waals surface area contributed by atoms with Gasteiger partial charge in [-0.15, -0.1) is 11.0 Å². The largest absolute Gasteiger partial charge is 0.493 e. The van der Waals surface area contributed by atoms with Crippen LogP contribution in [0.25, 0.3) is 6.08 Å². The van der Waals surface area contributed by atoms with Crippen molar-refractivity contribution in [2.24, 2.45) is 4.40 Å². The SMILES string of the molecule is C=CCN1C(=O)/C(=C/c2ccc(OCCCCCCC)c(OC)c2)S/C1=N/S(=O)(=O)c1ccc(C)cc1. The van der Waals surface area contributed by atoms with Crippen LogP contribution in [0.2, 0.25) is 0 Å². The van der Waals surface area contributed by atoms with E-state index >= 15 is 0 Å². The monoisotopic (exact) mass is 542 g/mol. The fourth-order valence-corrected chi connectivity index (χ4v) is 5.85. The molecule has 1 saturated heterocycles. The Morgan fingerprint density at radius 1 is 1.05 bits per heavy atom. The lowest BCUT2D eigenvalue weighted by Crippen LogP contribution is -2.29. The molecule has 0 N–H and O–H groups in total. The molecule has 1 fully saturated rings. The maximum Gasteiger partial charge on any atom is 0.284 e. The van der Waals surface area contributed by atoms with Crippen molar-refractivity contribution < 1.29 is 22.7 Å². The lowest BCUT2D eigenvalue weighted by atomic mass is 10.1. The summed E-state index contributed by atoms with van der Waals surface area (Å²) < 4.78 is 41.2. The van der Waals surface area contributed by atoms with E-state index in [1.165, 1.54) is 42.4 Å². The fraction of sp³-hybridized carbons (Fsp3) is 0.357. The molecule has 1 heterocycles. The van der Waals surface area contributed by atoms with Gasteiger partial charge in [-0.05, 0) is 61.0 Å². The van der Waals surface area contributed by atoms with Gasteiger partial charge in [0.15, 0.2) is 16.7 Å². The molecule has 0 saturated carbocycles. The molecule has 37 heavy (non-hydrogen) atoms. The molecule has 2 aromatic carbocycles. The van der Waals surface area contributed by atoms with Gasteiger partial charge in [0, 0.05) is 6.54 Å². The predicted octanol–water partition coefficient (Wildman–Crippen LogP) is 6.20. The maximum atomic E-state index is 13.1. The number of ether oxygens (including phenoxy) is 2. The minimum atomic E-state index is -3.99. The number of thioether (sulfide) groups is 1. The van der Waals surface area contributed by atoms with Crippen LogP contribution in [0.3, 0.4) is 0 Å². The van der Waals surface area contributed by atoms with Gasteiger partial charge in [-0.2, -0.15) is 8.42 Å². The molecule has 7 nitrogen and oxygen atoms in total. The van der Waals surface area contributed by atoms with Gasteiger partial charge in [0.1, 0.15) is 0 Å². The molecule has 0 bridgehead atoms. The molecule has 0 spiro atoms. The third-order valence-corrected chi connectivity index (χ3v) is 8.11. The molecular formula is C28H34N2O5S2. The smallest absolute Gasteiger partial charge is 0.284 e. The molecule has 0 radical (unpaired) electrons. The van der Waals surface area contributed by atoms with Gasteiger partial charge in [-0.3, -0.25) is 9.69 Å². The van der Waals surface area contributed by atoms with Crippen molar-refractivity contribution in [3.05, 3.63) is 71.2 Å². The highest BCUT2D eigenvalue weighted by Crippen LogP contribution is 2.35. The van der Waals surface area contributed by atoms with E-state index in [9.17, 15) is 13.2 Å². The van der Waals surface area contributed by atoms with Crippen LogP contribution in [0.1, 0.15) is 50.2 Å². The standard InChI is InChI=1S/C28H34N2O5S2/c1-5-7-8-9-10-18-35-24-16-13-22(19-25(24)34-4)20-26-27(31)30(17-6-2)28(36-26)29-37(32,33)23-14-11-21(3)12-15-23/h6,11-16,19-20H,2,5,7-10,17-18H2,1,3-4H3/b26-20-,29-28+. The summed E-state index contributed by atoms with van der Waals surface area (Å²) >= 11 is 1.02. The van der Waals surface area contributed by atoms with Gasteiger partial charge < -0.3 is 9.47 Å². The molecule has 0 aliphatic carbocycles. The highest BCUT2D eigenvalue weighted by atomic mass is 32.2. The zero-order valence-electron chi connectivity index (χ0n) is 21.6. The third kappa shape index (κ3) is 7.72. The van der Waals surface area contributed by atoms with Crippen LogP contribution < -0.4 is 9.47 Å². The average Bonchev–Trinajstić information content (AvgIpc) is 3.15. The lowest BCUT2D eigenvalue weighted by molar-refractivity contribution is -0.121. The molecule has 198 valence electrons. The Morgan fingerprint density at radius 2 is 1.78 bits per heavy atom.